The van der Waals surface area contributed by atoms with Crippen molar-refractivity contribution in [1.29, 1.82) is 0 Å². The van der Waals surface area contributed by atoms with E-state index in [-0.39, 0.29) is 0 Å². The Morgan fingerprint density at radius 1 is 1.14 bits per heavy atom. The van der Waals surface area contributed by atoms with E-state index in [2.05, 4.69) is 52.0 Å². The molecule has 0 amide bonds. The first-order valence-corrected chi connectivity index (χ1v) is 8.12. The van der Waals surface area contributed by atoms with Gasteiger partial charge in [-0.3, -0.25) is 4.99 Å². The number of ether oxygens (including phenoxy) is 1. The number of rotatable bonds is 7. The molecule has 0 fully saturated rings. The summed E-state index contributed by atoms with van der Waals surface area (Å²) < 4.78 is 5.32. The second-order valence-electron chi connectivity index (χ2n) is 5.45. The molecule has 120 valence electrons. The lowest BCUT2D eigenvalue weighted by Gasteiger charge is -2.15. The minimum Gasteiger partial charge on any atom is -0.377 e. The van der Waals surface area contributed by atoms with E-state index in [1.54, 1.807) is 0 Å². The quantitative estimate of drug-likeness (QED) is 0.352. The molecule has 2 N–H and O–H groups in total. The first-order valence-electron chi connectivity index (χ1n) is 8.12. The lowest BCUT2D eigenvalue weighted by Crippen LogP contribution is -2.38. The molecule has 0 aliphatic carbocycles. The van der Waals surface area contributed by atoms with E-state index >= 15 is 0 Å². The van der Waals surface area contributed by atoms with E-state index in [1.165, 1.54) is 11.1 Å². The minimum atomic E-state index is 0.766. The molecule has 1 aliphatic rings. The van der Waals surface area contributed by atoms with Gasteiger partial charge in [0, 0.05) is 20.1 Å². The molecule has 0 spiro atoms. The highest BCUT2D eigenvalue weighted by Gasteiger charge is 2.04. The van der Waals surface area contributed by atoms with Crippen molar-refractivity contribution in [3.05, 3.63) is 47.5 Å². The topological polar surface area (TPSA) is 45.7 Å². The summed E-state index contributed by atoms with van der Waals surface area (Å²) in [5.74, 6) is 0.890. The van der Waals surface area contributed by atoms with Gasteiger partial charge in [-0.25, -0.2) is 0 Å². The van der Waals surface area contributed by atoms with Crippen LogP contribution in [-0.4, -0.2) is 39.3 Å². The van der Waals surface area contributed by atoms with Gasteiger partial charge in [0.25, 0.3) is 0 Å². The molecule has 0 unspecified atom stereocenters. The summed E-state index contributed by atoms with van der Waals surface area (Å²) in [4.78, 5) is 4.27. The van der Waals surface area contributed by atoms with E-state index in [4.69, 9.17) is 4.74 Å². The van der Waals surface area contributed by atoms with Gasteiger partial charge in [0.15, 0.2) is 5.96 Å². The molecular weight excluding hydrogens is 274 g/mol. The van der Waals surface area contributed by atoms with Crippen LogP contribution in [0.1, 0.15) is 24.8 Å². The Hall–Kier alpha value is -1.81. The Kier molecular flexibility index (Phi) is 7.53. The number of aryl methyl sites for hydroxylation is 1. The Morgan fingerprint density at radius 3 is 2.68 bits per heavy atom. The number of hydrogen-bond donors (Lipinski definition) is 2. The normalized spacial score (nSPS) is 15.3. The van der Waals surface area contributed by atoms with Crippen molar-refractivity contribution >= 4 is 5.96 Å². The molecule has 0 radical (unpaired) electrons. The molecular formula is C18H27N3O. The van der Waals surface area contributed by atoms with Crippen LogP contribution in [0.2, 0.25) is 0 Å². The predicted octanol–water partition coefficient (Wildman–Crippen LogP) is 2.52. The van der Waals surface area contributed by atoms with Crippen molar-refractivity contribution < 1.29 is 4.74 Å². The summed E-state index contributed by atoms with van der Waals surface area (Å²) in [5, 5.41) is 6.74. The number of aliphatic imine (C=N–C) groups is 1. The van der Waals surface area contributed by atoms with Crippen LogP contribution in [-0.2, 0) is 11.2 Å². The van der Waals surface area contributed by atoms with Gasteiger partial charge in [-0.15, -0.1) is 0 Å². The van der Waals surface area contributed by atoms with Crippen LogP contribution in [0.15, 0.2) is 47.0 Å². The van der Waals surface area contributed by atoms with Crippen LogP contribution in [0.25, 0.3) is 0 Å². The van der Waals surface area contributed by atoms with Gasteiger partial charge in [-0.05, 0) is 31.2 Å². The van der Waals surface area contributed by atoms with E-state index < -0.39 is 0 Å². The molecule has 2 rings (SSSR count). The highest BCUT2D eigenvalue weighted by Crippen LogP contribution is 2.10. The number of guanidine groups is 1. The van der Waals surface area contributed by atoms with E-state index in [1.807, 2.05) is 7.05 Å². The van der Waals surface area contributed by atoms with Crippen molar-refractivity contribution in [2.45, 2.75) is 25.7 Å². The summed E-state index contributed by atoms with van der Waals surface area (Å²) >= 11 is 0. The van der Waals surface area contributed by atoms with Gasteiger partial charge in [0.05, 0.1) is 13.2 Å². The molecule has 0 saturated carbocycles. The first kappa shape index (κ1) is 16.6. The maximum absolute atomic E-state index is 5.32. The summed E-state index contributed by atoms with van der Waals surface area (Å²) in [6.45, 7) is 3.48. The van der Waals surface area contributed by atoms with Crippen molar-refractivity contribution in [2.24, 2.45) is 4.99 Å². The molecule has 4 heteroatoms. The van der Waals surface area contributed by atoms with Crippen molar-refractivity contribution in [3.63, 3.8) is 0 Å². The van der Waals surface area contributed by atoms with Crippen LogP contribution >= 0.6 is 0 Å². The smallest absolute Gasteiger partial charge is 0.190 e. The molecule has 1 aromatic rings. The third-order valence-corrected chi connectivity index (χ3v) is 3.80. The Bertz CT molecular complexity index is 482. The lowest BCUT2D eigenvalue weighted by atomic mass is 10.1. The van der Waals surface area contributed by atoms with Crippen LogP contribution in [0.4, 0.5) is 0 Å². The van der Waals surface area contributed by atoms with Crippen molar-refractivity contribution in [1.82, 2.24) is 10.6 Å². The Balaban J connectivity index is 1.58. The van der Waals surface area contributed by atoms with Crippen LogP contribution < -0.4 is 10.6 Å². The molecule has 0 bridgehead atoms. The fraction of sp³-hybridized carbons (Fsp3) is 0.500. The van der Waals surface area contributed by atoms with Crippen LogP contribution in [0, 0.1) is 0 Å². The van der Waals surface area contributed by atoms with Crippen LogP contribution in [0.5, 0.6) is 0 Å². The fourth-order valence-electron chi connectivity index (χ4n) is 2.50. The zero-order valence-corrected chi connectivity index (χ0v) is 13.5. The minimum absolute atomic E-state index is 0.766. The SMILES string of the molecule is CN=C(NCCCc1ccccc1)NCCC1=CCOCC1. The lowest BCUT2D eigenvalue weighted by molar-refractivity contribution is 0.153. The summed E-state index contributed by atoms with van der Waals surface area (Å²) in [5.41, 5.74) is 2.87. The van der Waals surface area contributed by atoms with E-state index in [0.717, 1.165) is 57.9 Å². The summed E-state index contributed by atoms with van der Waals surface area (Å²) in [6.07, 6.45) is 6.52. The predicted molar refractivity (Wildman–Crippen MR) is 92.3 cm³/mol. The van der Waals surface area contributed by atoms with Gasteiger partial charge in [-0.1, -0.05) is 42.0 Å². The molecule has 0 saturated heterocycles. The molecule has 0 atom stereocenters. The van der Waals surface area contributed by atoms with Crippen LogP contribution in [0.3, 0.4) is 0 Å². The van der Waals surface area contributed by atoms with E-state index in [9.17, 15) is 0 Å². The summed E-state index contributed by atoms with van der Waals surface area (Å²) in [7, 11) is 1.82. The monoisotopic (exact) mass is 301 g/mol. The maximum atomic E-state index is 5.32. The second kappa shape index (κ2) is 10.0. The second-order valence-corrected chi connectivity index (χ2v) is 5.45. The van der Waals surface area contributed by atoms with Crippen molar-refractivity contribution in [3.8, 4) is 0 Å². The highest BCUT2D eigenvalue weighted by molar-refractivity contribution is 5.79. The number of benzene rings is 1. The Morgan fingerprint density at radius 2 is 1.95 bits per heavy atom. The van der Waals surface area contributed by atoms with Gasteiger partial charge >= 0.3 is 0 Å². The molecule has 4 nitrogen and oxygen atoms in total. The molecule has 1 aromatic carbocycles. The third kappa shape index (κ3) is 6.31. The zero-order valence-electron chi connectivity index (χ0n) is 13.5. The molecule has 0 aromatic heterocycles. The standard InChI is InChI=1S/C18H27N3O/c1-19-18(21-13-9-17-10-14-22-15-11-17)20-12-5-8-16-6-3-2-4-7-16/h2-4,6-7,10H,5,8-9,11-15H2,1H3,(H2,19,20,21). The van der Waals surface area contributed by atoms with E-state index in [0.29, 0.717) is 0 Å². The van der Waals surface area contributed by atoms with Gasteiger partial charge < -0.3 is 15.4 Å². The molecule has 1 aliphatic heterocycles. The summed E-state index contributed by atoms with van der Waals surface area (Å²) in [6, 6.07) is 10.6. The third-order valence-electron chi connectivity index (χ3n) is 3.80. The average Bonchev–Trinajstić information content (AvgIpc) is 2.59. The fourth-order valence-corrected chi connectivity index (χ4v) is 2.50. The highest BCUT2D eigenvalue weighted by atomic mass is 16.5. The number of nitrogens with zero attached hydrogens (tertiary/aromatic N) is 1. The van der Waals surface area contributed by atoms with Gasteiger partial charge in [0.2, 0.25) is 0 Å². The van der Waals surface area contributed by atoms with Gasteiger partial charge in [0.1, 0.15) is 0 Å². The number of nitrogens with one attached hydrogen (secondary N) is 2. The largest absolute Gasteiger partial charge is 0.377 e. The Labute approximate surface area is 133 Å². The first-order chi connectivity index (χ1) is 10.9. The van der Waals surface area contributed by atoms with Crippen molar-refractivity contribution in [2.75, 3.05) is 33.4 Å². The maximum Gasteiger partial charge on any atom is 0.190 e. The number of hydrogen-bond acceptors (Lipinski definition) is 2. The molecule has 1 heterocycles. The average molecular weight is 301 g/mol. The molecule has 22 heavy (non-hydrogen) atoms. The van der Waals surface area contributed by atoms with Gasteiger partial charge in [-0.2, -0.15) is 0 Å². The zero-order chi connectivity index (χ0) is 15.5.